The number of halogens is 3. The molecule has 3 aromatic carbocycles. The van der Waals surface area contributed by atoms with E-state index in [1.54, 1.807) is 19.1 Å². The highest BCUT2D eigenvalue weighted by Crippen LogP contribution is 2.55. The molecule has 3 aliphatic rings. The molecule has 3 heterocycles. The van der Waals surface area contributed by atoms with Crippen molar-refractivity contribution in [2.45, 2.75) is 24.9 Å². The topological polar surface area (TPSA) is 78.5 Å². The maximum absolute atomic E-state index is 14.0. The Hall–Kier alpha value is -3.26. The van der Waals surface area contributed by atoms with Crippen LogP contribution in [0.1, 0.15) is 16.7 Å². The first-order valence-electron chi connectivity index (χ1n) is 11.5. The lowest BCUT2D eigenvalue weighted by atomic mass is 9.76. The summed E-state index contributed by atoms with van der Waals surface area (Å²) >= 11 is 12.3. The van der Waals surface area contributed by atoms with Gasteiger partial charge in [0.25, 0.3) is 0 Å². The van der Waals surface area contributed by atoms with Crippen LogP contribution < -0.4 is 15.5 Å². The summed E-state index contributed by atoms with van der Waals surface area (Å²) in [6.07, 6.45) is 0.427. The number of imide groups is 1. The van der Waals surface area contributed by atoms with Crippen LogP contribution in [0.15, 0.2) is 60.7 Å². The normalized spacial score (nSPS) is 26.5. The molecule has 2 saturated heterocycles. The number of anilines is 2. The van der Waals surface area contributed by atoms with E-state index in [0.29, 0.717) is 28.3 Å². The largest absolute Gasteiger partial charge is 0.324 e. The monoisotopic (exact) mass is 523 g/mol. The highest BCUT2D eigenvalue weighted by Gasteiger charge is 2.70. The summed E-state index contributed by atoms with van der Waals surface area (Å²) in [5.41, 5.74) is 1.48. The smallest absolute Gasteiger partial charge is 0.250 e. The lowest BCUT2D eigenvalue weighted by Crippen LogP contribution is -2.53. The van der Waals surface area contributed by atoms with Crippen molar-refractivity contribution in [3.05, 3.63) is 93.2 Å². The average molecular weight is 524 g/mol. The fraction of sp³-hybridized carbons (Fsp3) is 0.222. The van der Waals surface area contributed by atoms with Gasteiger partial charge in [-0.3, -0.25) is 19.7 Å². The third kappa shape index (κ3) is 3.09. The molecule has 0 saturated carbocycles. The summed E-state index contributed by atoms with van der Waals surface area (Å²) in [6.45, 7) is 1.79. The van der Waals surface area contributed by atoms with E-state index in [0.717, 1.165) is 16.5 Å². The third-order valence-electron chi connectivity index (χ3n) is 7.54. The van der Waals surface area contributed by atoms with Crippen LogP contribution >= 0.6 is 23.2 Å². The van der Waals surface area contributed by atoms with Gasteiger partial charge in [0.1, 0.15) is 11.4 Å². The van der Waals surface area contributed by atoms with Crippen molar-refractivity contribution in [2.24, 2.45) is 11.8 Å². The Morgan fingerprint density at radius 3 is 2.44 bits per heavy atom. The zero-order chi connectivity index (χ0) is 25.4. The predicted octanol–water partition coefficient (Wildman–Crippen LogP) is 4.61. The zero-order valence-electron chi connectivity index (χ0n) is 19.0. The number of fused-ring (bicyclic) bond motifs is 4. The van der Waals surface area contributed by atoms with Crippen LogP contribution in [-0.2, 0) is 26.3 Å². The van der Waals surface area contributed by atoms with Crippen molar-refractivity contribution < 1.29 is 18.8 Å². The molecule has 0 bridgehead atoms. The second-order valence-electron chi connectivity index (χ2n) is 9.41. The van der Waals surface area contributed by atoms with Crippen molar-refractivity contribution in [3.63, 3.8) is 0 Å². The van der Waals surface area contributed by atoms with Gasteiger partial charge >= 0.3 is 0 Å². The molecule has 3 amide bonds. The molecule has 4 atom stereocenters. The summed E-state index contributed by atoms with van der Waals surface area (Å²) in [5.74, 6) is -3.89. The minimum atomic E-state index is -1.46. The minimum absolute atomic E-state index is 0.172. The zero-order valence-corrected chi connectivity index (χ0v) is 20.5. The molecule has 1 spiro atoms. The molecule has 6 rings (SSSR count). The third-order valence-corrected chi connectivity index (χ3v) is 8.24. The minimum Gasteiger partial charge on any atom is -0.324 e. The molecule has 0 aromatic heterocycles. The highest BCUT2D eigenvalue weighted by atomic mass is 35.5. The Morgan fingerprint density at radius 1 is 0.972 bits per heavy atom. The van der Waals surface area contributed by atoms with Crippen LogP contribution in [0.25, 0.3) is 0 Å². The van der Waals surface area contributed by atoms with Crippen LogP contribution in [0.3, 0.4) is 0 Å². The average Bonchev–Trinajstić information content (AvgIpc) is 3.44. The lowest BCUT2D eigenvalue weighted by molar-refractivity contribution is -0.130. The van der Waals surface area contributed by atoms with Crippen LogP contribution in [0.5, 0.6) is 0 Å². The Labute approximate surface area is 216 Å². The van der Waals surface area contributed by atoms with Crippen molar-refractivity contribution >= 4 is 52.3 Å². The van der Waals surface area contributed by atoms with Crippen molar-refractivity contribution in [1.29, 1.82) is 0 Å². The molecule has 0 unspecified atom stereocenters. The van der Waals surface area contributed by atoms with E-state index in [1.165, 1.54) is 12.1 Å². The number of rotatable bonds is 3. The SMILES string of the molecule is Cc1c(Cl)ccc2c1NC(=O)[C@]21N[C@@H](Cc2ccccc2)[C@H]2C(=O)N(c3ccc(F)c(Cl)c3)C(=O)[C@H]21. The number of carbonyl (C=O) groups is 3. The highest BCUT2D eigenvalue weighted by molar-refractivity contribution is 6.33. The molecular weight excluding hydrogens is 504 g/mol. The molecule has 0 aliphatic carbocycles. The Balaban J connectivity index is 1.52. The van der Waals surface area contributed by atoms with E-state index >= 15 is 0 Å². The maximum atomic E-state index is 14.0. The lowest BCUT2D eigenvalue weighted by Gasteiger charge is -2.29. The van der Waals surface area contributed by atoms with E-state index in [-0.39, 0.29) is 10.7 Å². The van der Waals surface area contributed by atoms with Gasteiger partial charge in [0.15, 0.2) is 0 Å². The van der Waals surface area contributed by atoms with E-state index in [9.17, 15) is 18.8 Å². The number of carbonyl (C=O) groups excluding carboxylic acids is 3. The molecule has 3 aromatic rings. The van der Waals surface area contributed by atoms with Gasteiger partial charge in [-0.1, -0.05) is 59.6 Å². The van der Waals surface area contributed by atoms with Crippen LogP contribution in [-0.4, -0.2) is 23.8 Å². The summed E-state index contributed by atoms with van der Waals surface area (Å²) in [5, 5.41) is 6.60. The van der Waals surface area contributed by atoms with E-state index in [2.05, 4.69) is 10.6 Å². The number of nitrogens with zero attached hydrogens (tertiary/aromatic N) is 1. The van der Waals surface area contributed by atoms with Crippen molar-refractivity contribution in [3.8, 4) is 0 Å². The van der Waals surface area contributed by atoms with Crippen LogP contribution in [0, 0.1) is 24.6 Å². The Kier molecular flexibility index (Phi) is 5.23. The van der Waals surface area contributed by atoms with Crippen LogP contribution in [0.4, 0.5) is 15.8 Å². The van der Waals surface area contributed by atoms with Crippen molar-refractivity contribution in [1.82, 2.24) is 5.32 Å². The summed E-state index contributed by atoms with van der Waals surface area (Å²) in [7, 11) is 0. The first-order valence-corrected chi connectivity index (χ1v) is 12.2. The van der Waals surface area contributed by atoms with Gasteiger partial charge in [-0.25, -0.2) is 9.29 Å². The Bertz CT molecular complexity index is 1460. The summed E-state index contributed by atoms with van der Waals surface area (Å²) in [4.78, 5) is 42.6. The molecule has 6 nitrogen and oxygen atoms in total. The fourth-order valence-corrected chi connectivity index (χ4v) is 6.24. The molecule has 3 aliphatic heterocycles. The number of hydrogen-bond acceptors (Lipinski definition) is 4. The number of benzene rings is 3. The summed E-state index contributed by atoms with van der Waals surface area (Å²) in [6, 6.07) is 16.2. The van der Waals surface area contributed by atoms with Gasteiger partial charge in [-0.05, 0) is 48.7 Å². The van der Waals surface area contributed by atoms with Gasteiger partial charge in [0, 0.05) is 16.6 Å². The maximum Gasteiger partial charge on any atom is 0.250 e. The van der Waals surface area contributed by atoms with Crippen molar-refractivity contribution in [2.75, 3.05) is 10.2 Å². The molecule has 36 heavy (non-hydrogen) atoms. The first-order chi connectivity index (χ1) is 17.2. The summed E-state index contributed by atoms with van der Waals surface area (Å²) < 4.78 is 13.8. The molecule has 2 fully saturated rings. The molecule has 182 valence electrons. The second-order valence-corrected chi connectivity index (χ2v) is 10.2. The van der Waals surface area contributed by atoms with Gasteiger partial charge in [0.2, 0.25) is 17.7 Å². The second kappa shape index (κ2) is 8.13. The molecular formula is C27H20Cl2FN3O3. The number of nitrogens with one attached hydrogen (secondary N) is 2. The first kappa shape index (κ1) is 23.2. The Morgan fingerprint density at radius 2 is 1.72 bits per heavy atom. The standard InChI is InChI=1S/C27H20Cl2FN3O3/c1-13-17(28)9-8-16-23(13)31-26(36)27(16)22-21(20(32-27)11-14-5-3-2-4-6-14)24(34)33(25(22)35)15-7-10-19(30)18(29)12-15/h2-10,12,20-22,32H,11H2,1H3,(H,31,36)/t20-,21+,22-,27-/m0/s1. The van der Waals surface area contributed by atoms with Gasteiger partial charge in [0.05, 0.1) is 28.2 Å². The van der Waals surface area contributed by atoms with E-state index in [1.807, 2.05) is 30.3 Å². The van der Waals surface area contributed by atoms with Gasteiger partial charge < -0.3 is 5.32 Å². The molecule has 0 radical (unpaired) electrons. The van der Waals surface area contributed by atoms with Crippen LogP contribution in [0.2, 0.25) is 10.0 Å². The predicted molar refractivity (Wildman–Crippen MR) is 134 cm³/mol. The fourth-order valence-electron chi connectivity index (χ4n) is 5.91. The molecule has 9 heteroatoms. The van der Waals surface area contributed by atoms with E-state index < -0.39 is 47.0 Å². The van der Waals surface area contributed by atoms with Gasteiger partial charge in [-0.2, -0.15) is 0 Å². The number of hydrogen-bond donors (Lipinski definition) is 2. The molecule has 2 N–H and O–H groups in total. The quantitative estimate of drug-likeness (QED) is 0.491. The van der Waals surface area contributed by atoms with E-state index in [4.69, 9.17) is 23.2 Å². The van der Waals surface area contributed by atoms with Gasteiger partial charge in [-0.15, -0.1) is 0 Å². The number of amides is 3.